The molecule has 0 radical (unpaired) electrons. The standard InChI is InChI=1S/C21H22FN3O4/c1-4-28-20-10-13(6-7-16(20)22)24-17-8-14(23-12(3)26)9-18-15(17)11-19(25-18)21(27)29-5-2/h6-11,24-25H,4-5H2,1-3H3,(H,23,26). The van der Waals surface area contributed by atoms with Gasteiger partial charge in [-0.05, 0) is 44.2 Å². The van der Waals surface area contributed by atoms with E-state index >= 15 is 0 Å². The van der Waals surface area contributed by atoms with E-state index in [9.17, 15) is 14.0 Å². The second-order valence-corrected chi connectivity index (χ2v) is 6.27. The van der Waals surface area contributed by atoms with Gasteiger partial charge in [0.2, 0.25) is 5.91 Å². The number of hydrogen-bond acceptors (Lipinski definition) is 5. The van der Waals surface area contributed by atoms with E-state index in [-0.39, 0.29) is 18.3 Å². The number of rotatable bonds is 7. The SMILES string of the molecule is CCOC(=O)c1cc2c(Nc3ccc(F)c(OCC)c3)cc(NC(C)=O)cc2[nH]1. The molecule has 7 nitrogen and oxygen atoms in total. The first-order valence-electron chi connectivity index (χ1n) is 9.22. The van der Waals surface area contributed by atoms with Crippen molar-refractivity contribution < 1.29 is 23.5 Å². The third-order valence-corrected chi connectivity index (χ3v) is 4.06. The van der Waals surface area contributed by atoms with Crippen LogP contribution in [0.5, 0.6) is 5.75 Å². The number of anilines is 3. The molecule has 0 unspecified atom stereocenters. The molecule has 3 N–H and O–H groups in total. The van der Waals surface area contributed by atoms with Crippen LogP contribution >= 0.6 is 0 Å². The average molecular weight is 399 g/mol. The predicted octanol–water partition coefficient (Wildman–Crippen LogP) is 4.58. The highest BCUT2D eigenvalue weighted by atomic mass is 19.1. The minimum absolute atomic E-state index is 0.132. The fourth-order valence-electron chi connectivity index (χ4n) is 2.94. The number of amides is 1. The number of carbonyl (C=O) groups excluding carboxylic acids is 2. The number of nitrogens with one attached hydrogen (secondary N) is 3. The van der Waals surface area contributed by atoms with Crippen molar-refractivity contribution in [3.63, 3.8) is 0 Å². The molecule has 3 rings (SSSR count). The van der Waals surface area contributed by atoms with E-state index < -0.39 is 11.8 Å². The Morgan fingerprint density at radius 2 is 1.86 bits per heavy atom. The summed E-state index contributed by atoms with van der Waals surface area (Å²) < 4.78 is 24.2. The van der Waals surface area contributed by atoms with Crippen LogP contribution in [0.3, 0.4) is 0 Å². The Morgan fingerprint density at radius 3 is 2.55 bits per heavy atom. The van der Waals surface area contributed by atoms with Gasteiger partial charge in [-0.2, -0.15) is 0 Å². The summed E-state index contributed by atoms with van der Waals surface area (Å²) in [5, 5.41) is 6.64. The zero-order valence-corrected chi connectivity index (χ0v) is 16.4. The molecule has 1 amide bonds. The lowest BCUT2D eigenvalue weighted by Crippen LogP contribution is -2.06. The van der Waals surface area contributed by atoms with Crippen LogP contribution in [-0.4, -0.2) is 30.1 Å². The van der Waals surface area contributed by atoms with E-state index in [1.54, 1.807) is 44.2 Å². The van der Waals surface area contributed by atoms with Crippen LogP contribution in [0.25, 0.3) is 10.9 Å². The molecule has 8 heteroatoms. The van der Waals surface area contributed by atoms with Crippen LogP contribution < -0.4 is 15.4 Å². The topological polar surface area (TPSA) is 92.4 Å². The van der Waals surface area contributed by atoms with Crippen molar-refractivity contribution in [2.45, 2.75) is 20.8 Å². The summed E-state index contributed by atoms with van der Waals surface area (Å²) in [6.07, 6.45) is 0. The van der Waals surface area contributed by atoms with E-state index in [2.05, 4.69) is 15.6 Å². The lowest BCUT2D eigenvalue weighted by atomic mass is 10.1. The molecule has 152 valence electrons. The van der Waals surface area contributed by atoms with E-state index in [1.165, 1.54) is 13.0 Å². The number of ether oxygens (including phenoxy) is 2. The predicted molar refractivity (Wildman–Crippen MR) is 109 cm³/mol. The van der Waals surface area contributed by atoms with Gasteiger partial charge in [0, 0.05) is 29.8 Å². The van der Waals surface area contributed by atoms with Crippen LogP contribution in [0.2, 0.25) is 0 Å². The van der Waals surface area contributed by atoms with Crippen molar-refractivity contribution in [2.24, 2.45) is 0 Å². The van der Waals surface area contributed by atoms with Gasteiger partial charge in [0.15, 0.2) is 11.6 Å². The van der Waals surface area contributed by atoms with Crippen molar-refractivity contribution in [3.05, 3.63) is 47.9 Å². The normalized spacial score (nSPS) is 10.6. The fraction of sp³-hybridized carbons (Fsp3) is 0.238. The van der Waals surface area contributed by atoms with Gasteiger partial charge in [-0.25, -0.2) is 9.18 Å². The third-order valence-electron chi connectivity index (χ3n) is 4.06. The third kappa shape index (κ3) is 4.66. The lowest BCUT2D eigenvalue weighted by molar-refractivity contribution is -0.114. The van der Waals surface area contributed by atoms with Gasteiger partial charge in [-0.15, -0.1) is 0 Å². The van der Waals surface area contributed by atoms with Gasteiger partial charge in [0.1, 0.15) is 5.69 Å². The summed E-state index contributed by atoms with van der Waals surface area (Å²) in [5.74, 6) is -1.03. The van der Waals surface area contributed by atoms with E-state index in [1.807, 2.05) is 0 Å². The first-order valence-corrected chi connectivity index (χ1v) is 9.22. The van der Waals surface area contributed by atoms with Crippen molar-refractivity contribution in [3.8, 4) is 5.75 Å². The highest BCUT2D eigenvalue weighted by Gasteiger charge is 2.15. The summed E-state index contributed by atoms with van der Waals surface area (Å²) in [5.41, 5.74) is 2.67. The van der Waals surface area contributed by atoms with Gasteiger partial charge < -0.3 is 25.1 Å². The molecule has 0 bridgehead atoms. The number of benzene rings is 2. The number of fused-ring (bicyclic) bond motifs is 1. The molecule has 0 aliphatic carbocycles. The summed E-state index contributed by atoms with van der Waals surface area (Å²) >= 11 is 0. The number of H-pyrrole nitrogens is 1. The first kappa shape index (κ1) is 20.2. The lowest BCUT2D eigenvalue weighted by Gasteiger charge is -2.12. The zero-order valence-electron chi connectivity index (χ0n) is 16.4. The van der Waals surface area contributed by atoms with Gasteiger partial charge in [-0.1, -0.05) is 0 Å². The summed E-state index contributed by atoms with van der Waals surface area (Å²) in [6.45, 7) is 5.50. The second kappa shape index (κ2) is 8.64. The van der Waals surface area contributed by atoms with E-state index in [0.717, 1.165) is 0 Å². The van der Waals surface area contributed by atoms with Crippen LogP contribution in [0.4, 0.5) is 21.5 Å². The molecule has 1 aromatic heterocycles. The smallest absolute Gasteiger partial charge is 0.354 e. The largest absolute Gasteiger partial charge is 0.491 e. The van der Waals surface area contributed by atoms with Gasteiger partial charge in [0.05, 0.1) is 24.4 Å². The van der Waals surface area contributed by atoms with Gasteiger partial charge >= 0.3 is 5.97 Å². The molecule has 0 aliphatic heterocycles. The maximum Gasteiger partial charge on any atom is 0.354 e. The van der Waals surface area contributed by atoms with E-state index in [0.29, 0.717) is 40.3 Å². The average Bonchev–Trinajstić information content (AvgIpc) is 3.09. The maximum absolute atomic E-state index is 13.9. The van der Waals surface area contributed by atoms with Crippen molar-refractivity contribution >= 4 is 39.8 Å². The molecule has 0 atom stereocenters. The molecular formula is C21H22FN3O4. The Hall–Kier alpha value is -3.55. The van der Waals surface area contributed by atoms with Crippen molar-refractivity contribution in [1.82, 2.24) is 4.98 Å². The molecule has 0 spiro atoms. The van der Waals surface area contributed by atoms with E-state index in [4.69, 9.17) is 9.47 Å². The molecule has 0 saturated heterocycles. The van der Waals surface area contributed by atoms with Crippen LogP contribution in [0.1, 0.15) is 31.3 Å². The Kier molecular flexibility index (Phi) is 6.01. The second-order valence-electron chi connectivity index (χ2n) is 6.27. The van der Waals surface area contributed by atoms with Crippen molar-refractivity contribution in [2.75, 3.05) is 23.8 Å². The number of aromatic nitrogens is 1. The van der Waals surface area contributed by atoms with Crippen LogP contribution in [-0.2, 0) is 9.53 Å². The minimum Gasteiger partial charge on any atom is -0.491 e. The summed E-state index contributed by atoms with van der Waals surface area (Å²) in [6, 6.07) is 9.56. The fourth-order valence-corrected chi connectivity index (χ4v) is 2.94. The zero-order chi connectivity index (χ0) is 21.0. The maximum atomic E-state index is 13.9. The highest BCUT2D eigenvalue weighted by Crippen LogP contribution is 2.33. The highest BCUT2D eigenvalue weighted by molar-refractivity contribution is 6.03. The van der Waals surface area contributed by atoms with Crippen molar-refractivity contribution in [1.29, 1.82) is 0 Å². The molecule has 0 saturated carbocycles. The number of aromatic amines is 1. The Morgan fingerprint density at radius 1 is 1.07 bits per heavy atom. The minimum atomic E-state index is -0.476. The van der Waals surface area contributed by atoms with Gasteiger partial charge in [0.25, 0.3) is 0 Å². The quantitative estimate of drug-likeness (QED) is 0.506. The molecule has 3 aromatic rings. The molecular weight excluding hydrogens is 377 g/mol. The number of halogens is 1. The monoisotopic (exact) mass is 399 g/mol. The summed E-state index contributed by atoms with van der Waals surface area (Å²) in [7, 11) is 0. The number of hydrogen-bond donors (Lipinski definition) is 3. The van der Waals surface area contributed by atoms with Crippen LogP contribution in [0, 0.1) is 5.82 Å². The molecule has 0 fully saturated rings. The molecule has 1 heterocycles. The molecule has 29 heavy (non-hydrogen) atoms. The first-order chi connectivity index (χ1) is 13.9. The van der Waals surface area contributed by atoms with Crippen LogP contribution in [0.15, 0.2) is 36.4 Å². The Labute approximate surface area is 167 Å². The number of esters is 1. The Balaban J connectivity index is 2.05. The number of carbonyl (C=O) groups is 2. The molecule has 2 aromatic carbocycles. The summed E-state index contributed by atoms with van der Waals surface area (Å²) in [4.78, 5) is 26.6. The van der Waals surface area contributed by atoms with Gasteiger partial charge in [-0.3, -0.25) is 4.79 Å². The molecule has 0 aliphatic rings. The Bertz CT molecular complexity index is 1060.